The molecule has 2 aromatic carbocycles. The third-order valence-electron chi connectivity index (χ3n) is 3.27. The lowest BCUT2D eigenvalue weighted by atomic mass is 9.96. The van der Waals surface area contributed by atoms with Crippen molar-refractivity contribution in [2.75, 3.05) is 0 Å². The van der Waals surface area contributed by atoms with Crippen molar-refractivity contribution in [3.63, 3.8) is 0 Å². The Morgan fingerprint density at radius 1 is 1.05 bits per heavy atom. The van der Waals surface area contributed by atoms with Crippen LogP contribution in [-0.4, -0.2) is 0 Å². The van der Waals surface area contributed by atoms with Crippen molar-refractivity contribution in [3.8, 4) is 0 Å². The molecule has 0 aliphatic heterocycles. The normalized spacial score (nSPS) is 12.4. The highest BCUT2D eigenvalue weighted by atomic mass is 79.9. The largest absolute Gasteiger partial charge is 0.271 e. The van der Waals surface area contributed by atoms with Crippen LogP contribution in [0.1, 0.15) is 22.7 Å². The zero-order valence-corrected chi connectivity index (χ0v) is 13.8. The molecule has 0 radical (unpaired) electrons. The fraction of sp³-hybridized carbons (Fsp3) is 0.200. The Bertz CT molecular complexity index is 570. The van der Waals surface area contributed by atoms with Crippen LogP contribution in [0.2, 0.25) is 0 Å². The monoisotopic (exact) mass is 382 g/mol. The van der Waals surface area contributed by atoms with Crippen LogP contribution >= 0.6 is 31.9 Å². The molecule has 100 valence electrons. The first-order valence-corrected chi connectivity index (χ1v) is 7.66. The molecule has 2 rings (SSSR count). The van der Waals surface area contributed by atoms with Gasteiger partial charge in [0.1, 0.15) is 0 Å². The predicted octanol–water partition coefficient (Wildman–Crippen LogP) is 4.27. The zero-order chi connectivity index (χ0) is 13.8. The smallest absolute Gasteiger partial charge is 0.0503 e. The Morgan fingerprint density at radius 2 is 1.74 bits per heavy atom. The summed E-state index contributed by atoms with van der Waals surface area (Å²) in [6, 6.07) is 14.5. The molecule has 0 spiro atoms. The van der Waals surface area contributed by atoms with Crippen LogP contribution in [0.15, 0.2) is 51.4 Å². The first kappa shape index (κ1) is 14.7. The van der Waals surface area contributed by atoms with Crippen molar-refractivity contribution in [1.82, 2.24) is 5.43 Å². The van der Waals surface area contributed by atoms with Gasteiger partial charge in [-0.05, 0) is 42.2 Å². The summed E-state index contributed by atoms with van der Waals surface area (Å²) in [5, 5.41) is 0. The van der Waals surface area contributed by atoms with Gasteiger partial charge in [-0.2, -0.15) is 0 Å². The Labute approximate surface area is 130 Å². The van der Waals surface area contributed by atoms with Crippen molar-refractivity contribution in [1.29, 1.82) is 0 Å². The Balaban J connectivity index is 2.31. The third kappa shape index (κ3) is 3.45. The fourth-order valence-corrected chi connectivity index (χ4v) is 2.97. The van der Waals surface area contributed by atoms with Gasteiger partial charge in [0.2, 0.25) is 0 Å². The number of hydrazine groups is 1. The van der Waals surface area contributed by atoms with Gasteiger partial charge in [0.05, 0.1) is 6.04 Å². The van der Waals surface area contributed by atoms with E-state index in [0.717, 1.165) is 15.4 Å². The van der Waals surface area contributed by atoms with Gasteiger partial charge in [0.15, 0.2) is 0 Å². The van der Waals surface area contributed by atoms with E-state index in [1.807, 2.05) is 24.3 Å². The van der Waals surface area contributed by atoms with Gasteiger partial charge in [-0.3, -0.25) is 11.3 Å². The molecule has 0 amide bonds. The van der Waals surface area contributed by atoms with Crippen LogP contribution in [0, 0.1) is 6.92 Å². The minimum atomic E-state index is 0.0937. The van der Waals surface area contributed by atoms with Crippen molar-refractivity contribution in [2.45, 2.75) is 19.4 Å². The predicted molar refractivity (Wildman–Crippen MR) is 86.8 cm³/mol. The van der Waals surface area contributed by atoms with Gasteiger partial charge in [-0.25, -0.2) is 0 Å². The van der Waals surface area contributed by atoms with Gasteiger partial charge < -0.3 is 0 Å². The maximum absolute atomic E-state index is 5.74. The van der Waals surface area contributed by atoms with E-state index < -0.39 is 0 Å². The van der Waals surface area contributed by atoms with E-state index in [1.54, 1.807) is 0 Å². The minimum absolute atomic E-state index is 0.0937. The fourth-order valence-electron chi connectivity index (χ4n) is 2.14. The molecule has 0 bridgehead atoms. The van der Waals surface area contributed by atoms with E-state index in [9.17, 15) is 0 Å². The molecule has 0 aliphatic rings. The quantitative estimate of drug-likeness (QED) is 0.611. The maximum Gasteiger partial charge on any atom is 0.0503 e. The average Bonchev–Trinajstić information content (AvgIpc) is 2.41. The Hall–Kier alpha value is -0.680. The summed E-state index contributed by atoms with van der Waals surface area (Å²) in [5.74, 6) is 5.74. The molecule has 0 aliphatic carbocycles. The van der Waals surface area contributed by atoms with Crippen molar-refractivity contribution >= 4 is 31.9 Å². The number of nitrogens with one attached hydrogen (secondary N) is 1. The van der Waals surface area contributed by atoms with Crippen LogP contribution in [0.25, 0.3) is 0 Å². The summed E-state index contributed by atoms with van der Waals surface area (Å²) in [7, 11) is 0. The van der Waals surface area contributed by atoms with Gasteiger partial charge in [-0.1, -0.05) is 62.2 Å². The molecule has 0 fully saturated rings. The number of hydrogen-bond acceptors (Lipinski definition) is 2. The van der Waals surface area contributed by atoms with Gasteiger partial charge in [-0.15, -0.1) is 0 Å². The minimum Gasteiger partial charge on any atom is -0.271 e. The van der Waals surface area contributed by atoms with E-state index in [1.165, 1.54) is 16.7 Å². The van der Waals surface area contributed by atoms with Crippen molar-refractivity contribution in [3.05, 3.63) is 68.1 Å². The standard InChI is InChI=1S/C15H16Br2N2/c1-10-12(6-4-8-13(10)16)15(19-18)9-11-5-2-3-7-14(11)17/h2-8,15,19H,9,18H2,1H3. The molecule has 3 N–H and O–H groups in total. The first-order chi connectivity index (χ1) is 9.13. The molecule has 0 heterocycles. The van der Waals surface area contributed by atoms with E-state index in [-0.39, 0.29) is 6.04 Å². The highest BCUT2D eigenvalue weighted by Gasteiger charge is 2.15. The SMILES string of the molecule is Cc1c(Br)cccc1C(Cc1ccccc1Br)NN. The summed E-state index contributed by atoms with van der Waals surface area (Å²) in [6.07, 6.45) is 0.842. The number of hydrogen-bond donors (Lipinski definition) is 2. The summed E-state index contributed by atoms with van der Waals surface area (Å²) in [5.41, 5.74) is 6.60. The maximum atomic E-state index is 5.74. The molecule has 2 aromatic rings. The van der Waals surface area contributed by atoms with Crippen LogP contribution in [0.3, 0.4) is 0 Å². The topological polar surface area (TPSA) is 38.0 Å². The summed E-state index contributed by atoms with van der Waals surface area (Å²) >= 11 is 7.15. The molecule has 2 nitrogen and oxygen atoms in total. The molecule has 0 aromatic heterocycles. The summed E-state index contributed by atoms with van der Waals surface area (Å²) < 4.78 is 2.22. The zero-order valence-electron chi connectivity index (χ0n) is 10.7. The van der Waals surface area contributed by atoms with Crippen LogP contribution in [-0.2, 0) is 6.42 Å². The number of halogens is 2. The number of nitrogens with two attached hydrogens (primary N) is 1. The summed E-state index contributed by atoms with van der Waals surface area (Å²) in [6.45, 7) is 2.10. The van der Waals surface area contributed by atoms with Crippen molar-refractivity contribution in [2.24, 2.45) is 5.84 Å². The average molecular weight is 384 g/mol. The lowest BCUT2D eigenvalue weighted by Crippen LogP contribution is -2.30. The van der Waals surface area contributed by atoms with Crippen molar-refractivity contribution < 1.29 is 0 Å². The molecule has 1 atom stereocenters. The first-order valence-electron chi connectivity index (χ1n) is 6.08. The second-order valence-electron chi connectivity index (χ2n) is 4.47. The highest BCUT2D eigenvalue weighted by molar-refractivity contribution is 9.10. The van der Waals surface area contributed by atoms with E-state index >= 15 is 0 Å². The molecular formula is C15H16Br2N2. The Morgan fingerprint density at radius 3 is 2.42 bits per heavy atom. The molecule has 4 heteroatoms. The highest BCUT2D eigenvalue weighted by Crippen LogP contribution is 2.28. The van der Waals surface area contributed by atoms with Crippen LogP contribution < -0.4 is 11.3 Å². The van der Waals surface area contributed by atoms with E-state index in [2.05, 4.69) is 62.4 Å². The van der Waals surface area contributed by atoms with Gasteiger partial charge in [0.25, 0.3) is 0 Å². The van der Waals surface area contributed by atoms with E-state index in [0.29, 0.717) is 0 Å². The van der Waals surface area contributed by atoms with Gasteiger partial charge >= 0.3 is 0 Å². The van der Waals surface area contributed by atoms with Crippen LogP contribution in [0.4, 0.5) is 0 Å². The molecule has 19 heavy (non-hydrogen) atoms. The molecule has 1 unspecified atom stereocenters. The number of benzene rings is 2. The second-order valence-corrected chi connectivity index (χ2v) is 6.18. The second kappa shape index (κ2) is 6.66. The summed E-state index contributed by atoms with van der Waals surface area (Å²) in [4.78, 5) is 0. The third-order valence-corrected chi connectivity index (χ3v) is 4.90. The van der Waals surface area contributed by atoms with Gasteiger partial charge in [0, 0.05) is 8.95 Å². The molecule has 0 saturated heterocycles. The Kier molecular flexibility index (Phi) is 5.16. The van der Waals surface area contributed by atoms with E-state index in [4.69, 9.17) is 5.84 Å². The number of rotatable bonds is 4. The molecule has 0 saturated carbocycles. The van der Waals surface area contributed by atoms with Crippen LogP contribution in [0.5, 0.6) is 0 Å². The molecular weight excluding hydrogens is 368 g/mol. The lowest BCUT2D eigenvalue weighted by Gasteiger charge is -2.20. The lowest BCUT2D eigenvalue weighted by molar-refractivity contribution is 0.548.